The summed E-state index contributed by atoms with van der Waals surface area (Å²) < 4.78 is 38.6. The lowest BCUT2D eigenvalue weighted by atomic mass is 10.1. The summed E-state index contributed by atoms with van der Waals surface area (Å²) in [5, 5.41) is 7.04. The highest BCUT2D eigenvalue weighted by molar-refractivity contribution is 7.13. The minimum absolute atomic E-state index is 0.0855. The number of thiazole rings is 1. The number of carbonyl (C=O) groups excluding carboxylic acids is 2. The van der Waals surface area contributed by atoms with Gasteiger partial charge < -0.3 is 10.6 Å². The average Bonchev–Trinajstić information content (AvgIpc) is 3.11. The summed E-state index contributed by atoms with van der Waals surface area (Å²) in [5.41, 5.74) is 0.563. The third-order valence-corrected chi connectivity index (χ3v) is 4.51. The van der Waals surface area contributed by atoms with Gasteiger partial charge in [0.2, 0.25) is 5.91 Å². The highest BCUT2D eigenvalue weighted by Gasteiger charge is 2.30. The van der Waals surface area contributed by atoms with Crippen LogP contribution >= 0.6 is 11.3 Å². The molecule has 3 rings (SSSR count). The van der Waals surface area contributed by atoms with E-state index in [2.05, 4.69) is 15.6 Å². The molecule has 0 radical (unpaired) electrons. The van der Waals surface area contributed by atoms with E-state index in [0.29, 0.717) is 16.4 Å². The summed E-state index contributed by atoms with van der Waals surface area (Å²) in [6.07, 6.45) is -4.45. The van der Waals surface area contributed by atoms with Gasteiger partial charge in [-0.25, -0.2) is 4.98 Å². The van der Waals surface area contributed by atoms with Crippen LogP contribution in [0.5, 0.6) is 0 Å². The summed E-state index contributed by atoms with van der Waals surface area (Å²) in [6, 6.07) is 11.3. The topological polar surface area (TPSA) is 71.1 Å². The first kappa shape index (κ1) is 19.6. The summed E-state index contributed by atoms with van der Waals surface area (Å²) in [6.45, 7) is 1.37. The number of halogens is 3. The minimum atomic E-state index is -4.45. The quantitative estimate of drug-likeness (QED) is 0.639. The standard InChI is InChI=1S/C19H14F3N3O2S/c1-11(26)23-14-6-3-7-15(9-14)24-17(27)16-10-28-18(25-16)12-4-2-5-13(8-12)19(20,21)22/h2-10H,1H3,(H,23,26)(H,24,27). The fourth-order valence-corrected chi connectivity index (χ4v) is 3.21. The van der Waals surface area contributed by atoms with Crippen molar-refractivity contribution in [3.63, 3.8) is 0 Å². The van der Waals surface area contributed by atoms with E-state index in [1.165, 1.54) is 24.4 Å². The van der Waals surface area contributed by atoms with Gasteiger partial charge in [0.1, 0.15) is 10.7 Å². The molecule has 2 amide bonds. The Morgan fingerprint density at radius 1 is 1.00 bits per heavy atom. The molecule has 0 aliphatic heterocycles. The number of hydrogen-bond acceptors (Lipinski definition) is 4. The monoisotopic (exact) mass is 405 g/mol. The van der Waals surface area contributed by atoms with Crippen molar-refractivity contribution in [1.82, 2.24) is 4.98 Å². The molecule has 2 aromatic carbocycles. The number of carbonyl (C=O) groups is 2. The Morgan fingerprint density at radius 3 is 2.36 bits per heavy atom. The molecule has 9 heteroatoms. The van der Waals surface area contributed by atoms with Gasteiger partial charge in [0.25, 0.3) is 5.91 Å². The van der Waals surface area contributed by atoms with Crippen LogP contribution in [-0.2, 0) is 11.0 Å². The van der Waals surface area contributed by atoms with E-state index >= 15 is 0 Å². The smallest absolute Gasteiger partial charge is 0.326 e. The summed E-state index contributed by atoms with van der Waals surface area (Å²) >= 11 is 1.08. The van der Waals surface area contributed by atoms with Gasteiger partial charge >= 0.3 is 6.18 Å². The van der Waals surface area contributed by atoms with E-state index in [0.717, 1.165) is 23.5 Å². The lowest BCUT2D eigenvalue weighted by Gasteiger charge is -2.07. The zero-order valence-electron chi connectivity index (χ0n) is 14.5. The molecule has 5 nitrogen and oxygen atoms in total. The second-order valence-electron chi connectivity index (χ2n) is 5.83. The van der Waals surface area contributed by atoms with Crippen LogP contribution in [-0.4, -0.2) is 16.8 Å². The lowest BCUT2D eigenvalue weighted by molar-refractivity contribution is -0.137. The van der Waals surface area contributed by atoms with Crippen LogP contribution in [0.25, 0.3) is 10.6 Å². The van der Waals surface area contributed by atoms with E-state index in [9.17, 15) is 22.8 Å². The maximum atomic E-state index is 12.9. The number of nitrogens with one attached hydrogen (secondary N) is 2. The molecule has 3 aromatic rings. The molecular weight excluding hydrogens is 391 g/mol. The first-order valence-corrected chi connectivity index (χ1v) is 8.92. The largest absolute Gasteiger partial charge is 0.416 e. The normalized spacial score (nSPS) is 11.1. The molecule has 28 heavy (non-hydrogen) atoms. The van der Waals surface area contributed by atoms with Crippen LogP contribution in [0.2, 0.25) is 0 Å². The average molecular weight is 405 g/mol. The van der Waals surface area contributed by atoms with Gasteiger partial charge in [-0.15, -0.1) is 11.3 Å². The Labute approximate surface area is 162 Å². The van der Waals surface area contributed by atoms with Gasteiger partial charge in [-0.2, -0.15) is 13.2 Å². The molecule has 0 unspecified atom stereocenters. The van der Waals surface area contributed by atoms with Crippen molar-refractivity contribution in [3.05, 3.63) is 65.2 Å². The van der Waals surface area contributed by atoms with Crippen molar-refractivity contribution >= 4 is 34.5 Å². The molecule has 0 fully saturated rings. The maximum absolute atomic E-state index is 12.9. The summed E-state index contributed by atoms with van der Waals surface area (Å²) in [5.74, 6) is -0.747. The molecule has 0 saturated heterocycles. The van der Waals surface area contributed by atoms with Gasteiger partial charge in [-0.05, 0) is 30.3 Å². The second-order valence-corrected chi connectivity index (χ2v) is 6.69. The Bertz CT molecular complexity index is 1030. The number of benzene rings is 2. The lowest BCUT2D eigenvalue weighted by Crippen LogP contribution is -2.13. The first-order chi connectivity index (χ1) is 13.2. The van der Waals surface area contributed by atoms with Crippen LogP contribution in [0.1, 0.15) is 23.0 Å². The molecule has 0 bridgehead atoms. The molecule has 0 saturated carbocycles. The highest BCUT2D eigenvalue weighted by Crippen LogP contribution is 2.33. The molecule has 0 aliphatic carbocycles. The predicted octanol–water partition coefficient (Wildman–Crippen LogP) is 5.04. The van der Waals surface area contributed by atoms with Crippen LogP contribution in [0.3, 0.4) is 0 Å². The zero-order valence-corrected chi connectivity index (χ0v) is 15.3. The van der Waals surface area contributed by atoms with Crippen LogP contribution in [0, 0.1) is 0 Å². The van der Waals surface area contributed by atoms with Gasteiger partial charge in [0.15, 0.2) is 0 Å². The molecule has 144 valence electrons. The number of amides is 2. The van der Waals surface area contributed by atoms with E-state index < -0.39 is 17.6 Å². The van der Waals surface area contributed by atoms with Crippen LogP contribution < -0.4 is 10.6 Å². The Balaban J connectivity index is 1.77. The maximum Gasteiger partial charge on any atom is 0.416 e. The highest BCUT2D eigenvalue weighted by atomic mass is 32.1. The first-order valence-electron chi connectivity index (χ1n) is 8.04. The number of anilines is 2. The predicted molar refractivity (Wildman–Crippen MR) is 101 cm³/mol. The SMILES string of the molecule is CC(=O)Nc1cccc(NC(=O)c2csc(-c3cccc(C(F)(F)F)c3)n2)c1. The molecule has 1 aromatic heterocycles. The van der Waals surface area contributed by atoms with E-state index in [1.54, 1.807) is 24.3 Å². The number of rotatable bonds is 4. The minimum Gasteiger partial charge on any atom is -0.326 e. The third-order valence-electron chi connectivity index (χ3n) is 3.61. The summed E-state index contributed by atoms with van der Waals surface area (Å²) in [4.78, 5) is 27.6. The number of hydrogen-bond donors (Lipinski definition) is 2. The zero-order chi connectivity index (χ0) is 20.3. The van der Waals surface area contributed by atoms with E-state index in [4.69, 9.17) is 0 Å². The Morgan fingerprint density at radius 2 is 1.68 bits per heavy atom. The number of alkyl halides is 3. The van der Waals surface area contributed by atoms with Crippen molar-refractivity contribution < 1.29 is 22.8 Å². The fraction of sp³-hybridized carbons (Fsp3) is 0.105. The number of aromatic nitrogens is 1. The molecule has 2 N–H and O–H groups in total. The summed E-state index contributed by atoms with van der Waals surface area (Å²) in [7, 11) is 0. The van der Waals surface area contributed by atoms with Crippen LogP contribution in [0.15, 0.2) is 53.9 Å². The van der Waals surface area contributed by atoms with E-state index in [-0.39, 0.29) is 17.2 Å². The Hall–Kier alpha value is -3.20. The Kier molecular flexibility index (Phi) is 5.46. The van der Waals surface area contributed by atoms with Gasteiger partial charge in [-0.1, -0.05) is 18.2 Å². The number of nitrogens with zero attached hydrogens (tertiary/aromatic N) is 1. The second kappa shape index (κ2) is 7.81. The van der Waals surface area contributed by atoms with Crippen molar-refractivity contribution in [1.29, 1.82) is 0 Å². The van der Waals surface area contributed by atoms with Crippen molar-refractivity contribution in [3.8, 4) is 10.6 Å². The molecule has 0 aliphatic rings. The molecule has 0 atom stereocenters. The fourth-order valence-electron chi connectivity index (χ4n) is 2.41. The van der Waals surface area contributed by atoms with Crippen LogP contribution in [0.4, 0.5) is 24.5 Å². The van der Waals surface area contributed by atoms with Crippen molar-refractivity contribution in [2.75, 3.05) is 10.6 Å². The van der Waals surface area contributed by atoms with Gasteiger partial charge in [0, 0.05) is 29.2 Å². The molecule has 1 heterocycles. The molecular formula is C19H14F3N3O2S. The van der Waals surface area contributed by atoms with E-state index in [1.807, 2.05) is 0 Å². The van der Waals surface area contributed by atoms with Crippen molar-refractivity contribution in [2.24, 2.45) is 0 Å². The van der Waals surface area contributed by atoms with Gasteiger partial charge in [-0.3, -0.25) is 9.59 Å². The van der Waals surface area contributed by atoms with Crippen molar-refractivity contribution in [2.45, 2.75) is 13.1 Å². The third kappa shape index (κ3) is 4.74. The molecule has 0 spiro atoms. The van der Waals surface area contributed by atoms with Gasteiger partial charge in [0.05, 0.1) is 5.56 Å².